The summed E-state index contributed by atoms with van der Waals surface area (Å²) in [4.78, 5) is 12.5. The Labute approximate surface area is 122 Å². The molecule has 1 aromatic rings. The van der Waals surface area contributed by atoms with Gasteiger partial charge in [-0.15, -0.1) is 0 Å². The zero-order chi connectivity index (χ0) is 14.9. The molecule has 0 radical (unpaired) electrons. The Balaban J connectivity index is 2.32. The first-order valence-electron chi connectivity index (χ1n) is 7.60. The number of benzene rings is 1. The molecule has 0 bridgehead atoms. The highest BCUT2D eigenvalue weighted by atomic mass is 16.5. The van der Waals surface area contributed by atoms with Crippen LogP contribution in [0.25, 0.3) is 0 Å². The lowest BCUT2D eigenvalue weighted by molar-refractivity contribution is 0.0962. The van der Waals surface area contributed by atoms with E-state index in [4.69, 9.17) is 4.74 Å². The Bertz CT molecular complexity index is 491. The molecular formula is C18H26O2. The summed E-state index contributed by atoms with van der Waals surface area (Å²) in [6.07, 6.45) is 2.06. The van der Waals surface area contributed by atoms with Gasteiger partial charge in [0, 0.05) is 5.92 Å². The first-order chi connectivity index (χ1) is 9.29. The van der Waals surface area contributed by atoms with Crippen molar-refractivity contribution >= 4 is 5.78 Å². The maximum atomic E-state index is 12.5. The van der Waals surface area contributed by atoms with Crippen LogP contribution in [0.4, 0.5) is 0 Å². The molecule has 20 heavy (non-hydrogen) atoms. The van der Waals surface area contributed by atoms with Crippen molar-refractivity contribution in [1.82, 2.24) is 0 Å². The highest BCUT2D eigenvalue weighted by Gasteiger charge is 2.32. The Kier molecular flexibility index (Phi) is 4.22. The zero-order valence-corrected chi connectivity index (χ0v) is 13.3. The van der Waals surface area contributed by atoms with Crippen molar-refractivity contribution in [3.05, 3.63) is 29.3 Å². The van der Waals surface area contributed by atoms with Crippen molar-refractivity contribution < 1.29 is 9.53 Å². The molecular weight excluding hydrogens is 248 g/mol. The van der Waals surface area contributed by atoms with Crippen LogP contribution in [0, 0.1) is 11.8 Å². The smallest absolute Gasteiger partial charge is 0.169 e. The summed E-state index contributed by atoms with van der Waals surface area (Å²) >= 11 is 0. The topological polar surface area (TPSA) is 26.3 Å². The van der Waals surface area contributed by atoms with Gasteiger partial charge >= 0.3 is 0 Å². The second-order valence-corrected chi connectivity index (χ2v) is 7.30. The Hall–Kier alpha value is -1.31. The van der Waals surface area contributed by atoms with E-state index < -0.39 is 0 Å². The minimum Gasteiger partial charge on any atom is -0.493 e. The van der Waals surface area contributed by atoms with Gasteiger partial charge in [0.1, 0.15) is 5.75 Å². The van der Waals surface area contributed by atoms with Crippen molar-refractivity contribution in [2.24, 2.45) is 11.8 Å². The third-order valence-corrected chi connectivity index (χ3v) is 3.63. The van der Waals surface area contributed by atoms with Crippen LogP contribution in [-0.2, 0) is 5.41 Å². The fourth-order valence-electron chi connectivity index (χ4n) is 2.14. The van der Waals surface area contributed by atoms with E-state index in [2.05, 4.69) is 40.7 Å². The van der Waals surface area contributed by atoms with Crippen molar-refractivity contribution in [2.75, 3.05) is 6.61 Å². The molecule has 0 aliphatic heterocycles. The average Bonchev–Trinajstić information content (AvgIpc) is 3.18. The monoisotopic (exact) mass is 274 g/mol. The number of carbonyl (C=O) groups excluding carboxylic acids is 1. The third-order valence-electron chi connectivity index (χ3n) is 3.63. The number of rotatable bonds is 5. The van der Waals surface area contributed by atoms with Gasteiger partial charge in [-0.25, -0.2) is 0 Å². The molecule has 0 saturated heterocycles. The lowest BCUT2D eigenvalue weighted by Gasteiger charge is -2.21. The molecule has 1 aliphatic rings. The normalized spacial score (nSPS) is 15.5. The van der Waals surface area contributed by atoms with Crippen molar-refractivity contribution in [1.29, 1.82) is 0 Å². The molecule has 0 heterocycles. The third kappa shape index (κ3) is 3.62. The summed E-state index contributed by atoms with van der Waals surface area (Å²) in [7, 11) is 0. The van der Waals surface area contributed by atoms with E-state index in [9.17, 15) is 4.79 Å². The van der Waals surface area contributed by atoms with E-state index in [0.29, 0.717) is 12.5 Å². The molecule has 0 aromatic heterocycles. The van der Waals surface area contributed by atoms with Crippen LogP contribution in [-0.4, -0.2) is 12.4 Å². The summed E-state index contributed by atoms with van der Waals surface area (Å²) in [5.41, 5.74) is 2.02. The standard InChI is InChI=1S/C18H26O2/c1-12(2)11-20-16-9-8-14(18(3,4)5)10-15(16)17(19)13-6-7-13/h8-10,12-13H,6-7,11H2,1-5H3. The van der Waals surface area contributed by atoms with Crippen LogP contribution in [0.15, 0.2) is 18.2 Å². The van der Waals surface area contributed by atoms with Gasteiger partial charge in [0.05, 0.1) is 12.2 Å². The Morgan fingerprint density at radius 1 is 1.30 bits per heavy atom. The first kappa shape index (κ1) is 15.1. The van der Waals surface area contributed by atoms with Gasteiger partial charge in [0.2, 0.25) is 0 Å². The molecule has 0 spiro atoms. The quantitative estimate of drug-likeness (QED) is 0.733. The average molecular weight is 274 g/mol. The molecule has 1 saturated carbocycles. The van der Waals surface area contributed by atoms with E-state index in [0.717, 1.165) is 24.2 Å². The highest BCUT2D eigenvalue weighted by molar-refractivity contribution is 6.01. The van der Waals surface area contributed by atoms with Crippen LogP contribution in [0.2, 0.25) is 0 Å². The fraction of sp³-hybridized carbons (Fsp3) is 0.611. The van der Waals surface area contributed by atoms with Crippen LogP contribution in [0.5, 0.6) is 5.75 Å². The minimum absolute atomic E-state index is 0.0508. The van der Waals surface area contributed by atoms with Gasteiger partial charge in [-0.3, -0.25) is 4.79 Å². The van der Waals surface area contributed by atoms with E-state index in [1.807, 2.05) is 12.1 Å². The van der Waals surface area contributed by atoms with E-state index in [1.165, 1.54) is 5.56 Å². The van der Waals surface area contributed by atoms with Crippen LogP contribution >= 0.6 is 0 Å². The lowest BCUT2D eigenvalue weighted by Crippen LogP contribution is -2.15. The van der Waals surface area contributed by atoms with Gasteiger partial charge in [-0.05, 0) is 41.9 Å². The predicted octanol–water partition coefficient (Wildman–Crippen LogP) is 4.61. The first-order valence-corrected chi connectivity index (χ1v) is 7.60. The molecule has 2 nitrogen and oxygen atoms in total. The predicted molar refractivity (Wildman–Crippen MR) is 82.5 cm³/mol. The van der Waals surface area contributed by atoms with E-state index in [1.54, 1.807) is 0 Å². The summed E-state index contributed by atoms with van der Waals surface area (Å²) in [5.74, 6) is 1.70. The molecule has 0 N–H and O–H groups in total. The molecule has 110 valence electrons. The number of ether oxygens (including phenoxy) is 1. The highest BCUT2D eigenvalue weighted by Crippen LogP contribution is 2.37. The minimum atomic E-state index is 0.0508. The van der Waals surface area contributed by atoms with Crippen molar-refractivity contribution in [3.8, 4) is 5.75 Å². The molecule has 2 heteroatoms. The number of Topliss-reactive ketones (excluding diaryl/α,β-unsaturated/α-hetero) is 1. The van der Waals surface area contributed by atoms with Crippen LogP contribution in [0.1, 0.15) is 63.4 Å². The van der Waals surface area contributed by atoms with Gasteiger partial charge < -0.3 is 4.74 Å². The van der Waals surface area contributed by atoms with Gasteiger partial charge in [0.25, 0.3) is 0 Å². The van der Waals surface area contributed by atoms with Gasteiger partial charge in [-0.1, -0.05) is 40.7 Å². The number of carbonyl (C=O) groups is 1. The molecule has 0 amide bonds. The van der Waals surface area contributed by atoms with Crippen LogP contribution in [0.3, 0.4) is 0 Å². The summed E-state index contributed by atoms with van der Waals surface area (Å²) in [6, 6.07) is 6.09. The molecule has 2 rings (SSSR count). The molecule has 1 aromatic carbocycles. The largest absolute Gasteiger partial charge is 0.493 e. The van der Waals surface area contributed by atoms with Crippen molar-refractivity contribution in [3.63, 3.8) is 0 Å². The maximum absolute atomic E-state index is 12.5. The summed E-state index contributed by atoms with van der Waals surface area (Å²) in [5, 5.41) is 0. The SMILES string of the molecule is CC(C)COc1ccc(C(C)(C)C)cc1C(=O)C1CC1. The zero-order valence-electron chi connectivity index (χ0n) is 13.3. The second kappa shape index (κ2) is 5.59. The number of ketones is 1. The summed E-state index contributed by atoms with van der Waals surface area (Å²) in [6.45, 7) is 11.4. The van der Waals surface area contributed by atoms with Gasteiger partial charge in [-0.2, -0.15) is 0 Å². The molecule has 0 unspecified atom stereocenters. The van der Waals surface area contributed by atoms with Crippen LogP contribution < -0.4 is 4.74 Å². The fourth-order valence-corrected chi connectivity index (χ4v) is 2.14. The lowest BCUT2D eigenvalue weighted by atomic mass is 9.85. The number of hydrogen-bond donors (Lipinski definition) is 0. The maximum Gasteiger partial charge on any atom is 0.169 e. The van der Waals surface area contributed by atoms with Gasteiger partial charge in [0.15, 0.2) is 5.78 Å². The van der Waals surface area contributed by atoms with E-state index >= 15 is 0 Å². The Morgan fingerprint density at radius 2 is 1.95 bits per heavy atom. The molecule has 1 aliphatic carbocycles. The number of hydrogen-bond acceptors (Lipinski definition) is 2. The second-order valence-electron chi connectivity index (χ2n) is 7.30. The van der Waals surface area contributed by atoms with E-state index in [-0.39, 0.29) is 17.1 Å². The molecule has 1 fully saturated rings. The Morgan fingerprint density at radius 3 is 2.45 bits per heavy atom. The van der Waals surface area contributed by atoms with Crippen molar-refractivity contribution in [2.45, 2.75) is 52.9 Å². The molecule has 0 atom stereocenters. The summed E-state index contributed by atoms with van der Waals surface area (Å²) < 4.78 is 5.84.